The standard InChI is InChI=1S/C22H27N2/c1-3-14-24(2)15-13-22-20(17-24)19-11-7-8-12-21(19)23(22)16-18-9-5-4-6-10-18/h4-12H,3,13-17H2,1-2H3/q+1/t24-/m0/s1. The molecule has 4 rings (SSSR count). The van der Waals surface area contributed by atoms with Gasteiger partial charge in [0.1, 0.15) is 6.54 Å². The molecule has 0 amide bonds. The first-order chi connectivity index (χ1) is 11.7. The molecule has 2 heterocycles. The van der Waals surface area contributed by atoms with Gasteiger partial charge in [0.2, 0.25) is 0 Å². The molecule has 0 fully saturated rings. The van der Waals surface area contributed by atoms with Gasteiger partial charge in [0, 0.05) is 35.1 Å². The van der Waals surface area contributed by atoms with Gasteiger partial charge in [-0.2, -0.15) is 0 Å². The van der Waals surface area contributed by atoms with Crippen molar-refractivity contribution < 1.29 is 4.48 Å². The fourth-order valence-electron chi connectivity index (χ4n) is 4.40. The summed E-state index contributed by atoms with van der Waals surface area (Å²) in [5.41, 5.74) is 5.93. The lowest BCUT2D eigenvalue weighted by atomic mass is 10.0. The number of quaternary nitrogens is 1. The lowest BCUT2D eigenvalue weighted by Crippen LogP contribution is -2.48. The van der Waals surface area contributed by atoms with Crippen molar-refractivity contribution >= 4 is 10.9 Å². The van der Waals surface area contributed by atoms with Crippen LogP contribution in [-0.4, -0.2) is 29.2 Å². The molecule has 124 valence electrons. The third-order valence-electron chi connectivity index (χ3n) is 5.57. The molecule has 0 bridgehead atoms. The highest BCUT2D eigenvalue weighted by Gasteiger charge is 2.32. The van der Waals surface area contributed by atoms with E-state index in [2.05, 4.69) is 73.1 Å². The topological polar surface area (TPSA) is 4.93 Å². The SMILES string of the molecule is CCC[N@@+]1(C)CCc2c(c3ccccc3n2Cc2ccccc2)C1. The van der Waals surface area contributed by atoms with Gasteiger partial charge in [-0.1, -0.05) is 55.5 Å². The van der Waals surface area contributed by atoms with Crippen LogP contribution in [0.5, 0.6) is 0 Å². The van der Waals surface area contributed by atoms with Crippen LogP contribution < -0.4 is 0 Å². The summed E-state index contributed by atoms with van der Waals surface area (Å²) in [5, 5.41) is 1.46. The van der Waals surface area contributed by atoms with Gasteiger partial charge in [0.05, 0.1) is 20.1 Å². The Morgan fingerprint density at radius 2 is 1.75 bits per heavy atom. The molecule has 24 heavy (non-hydrogen) atoms. The van der Waals surface area contributed by atoms with Crippen LogP contribution in [-0.2, 0) is 19.5 Å². The number of para-hydroxylation sites is 1. The highest BCUT2D eigenvalue weighted by Crippen LogP contribution is 2.33. The van der Waals surface area contributed by atoms with Crippen molar-refractivity contribution in [2.24, 2.45) is 0 Å². The molecule has 2 nitrogen and oxygen atoms in total. The second kappa shape index (κ2) is 6.10. The maximum atomic E-state index is 2.56. The average molecular weight is 319 g/mol. The summed E-state index contributed by atoms with van der Waals surface area (Å²) >= 11 is 0. The van der Waals surface area contributed by atoms with Crippen molar-refractivity contribution in [1.29, 1.82) is 0 Å². The van der Waals surface area contributed by atoms with Crippen molar-refractivity contribution in [3.63, 3.8) is 0 Å². The zero-order valence-electron chi connectivity index (χ0n) is 14.8. The van der Waals surface area contributed by atoms with Crippen LogP contribution in [0.2, 0.25) is 0 Å². The molecular weight excluding hydrogens is 292 g/mol. The molecule has 1 atom stereocenters. The Hall–Kier alpha value is -2.06. The van der Waals surface area contributed by atoms with E-state index in [0.717, 1.165) is 6.54 Å². The minimum atomic E-state index is 0.980. The van der Waals surface area contributed by atoms with Gasteiger partial charge in [0.15, 0.2) is 0 Å². The first kappa shape index (κ1) is 15.5. The second-order valence-corrected chi connectivity index (χ2v) is 7.49. The predicted molar refractivity (Wildman–Crippen MR) is 101 cm³/mol. The number of benzene rings is 2. The molecule has 2 aromatic carbocycles. The van der Waals surface area contributed by atoms with E-state index in [0.29, 0.717) is 0 Å². The molecule has 0 saturated carbocycles. The van der Waals surface area contributed by atoms with Crippen LogP contribution >= 0.6 is 0 Å². The Morgan fingerprint density at radius 1 is 1.00 bits per heavy atom. The van der Waals surface area contributed by atoms with Crippen LogP contribution in [0.3, 0.4) is 0 Å². The number of nitrogens with zero attached hydrogens (tertiary/aromatic N) is 2. The monoisotopic (exact) mass is 319 g/mol. The molecule has 0 saturated heterocycles. The Labute approximate surface area is 144 Å². The summed E-state index contributed by atoms with van der Waals surface area (Å²) < 4.78 is 3.75. The third-order valence-corrected chi connectivity index (χ3v) is 5.57. The molecule has 2 heteroatoms. The molecule has 0 unspecified atom stereocenters. The fraction of sp³-hybridized carbons (Fsp3) is 0.364. The summed E-state index contributed by atoms with van der Waals surface area (Å²) in [6.07, 6.45) is 2.45. The van der Waals surface area contributed by atoms with Crippen LogP contribution in [0.1, 0.15) is 30.2 Å². The van der Waals surface area contributed by atoms with Gasteiger partial charge in [-0.05, 0) is 18.1 Å². The summed E-state index contributed by atoms with van der Waals surface area (Å²) in [7, 11) is 2.43. The van der Waals surface area contributed by atoms with Gasteiger partial charge in [-0.25, -0.2) is 0 Å². The smallest absolute Gasteiger partial charge is 0.107 e. The second-order valence-electron chi connectivity index (χ2n) is 7.49. The van der Waals surface area contributed by atoms with Crippen molar-refractivity contribution in [1.82, 2.24) is 4.57 Å². The van der Waals surface area contributed by atoms with E-state index in [-0.39, 0.29) is 0 Å². The normalized spacial score (nSPS) is 20.2. The molecule has 0 N–H and O–H groups in total. The zero-order valence-corrected chi connectivity index (χ0v) is 14.8. The van der Waals surface area contributed by atoms with Gasteiger partial charge in [-0.15, -0.1) is 0 Å². The number of hydrogen-bond donors (Lipinski definition) is 0. The minimum absolute atomic E-state index is 0.980. The Kier molecular flexibility index (Phi) is 3.93. The molecule has 0 aliphatic carbocycles. The lowest BCUT2D eigenvalue weighted by Gasteiger charge is -2.38. The predicted octanol–water partition coefficient (Wildman–Crippen LogP) is 4.60. The molecule has 0 radical (unpaired) electrons. The Bertz CT molecular complexity index is 847. The van der Waals surface area contributed by atoms with Crippen molar-refractivity contribution in [2.45, 2.75) is 32.9 Å². The molecule has 1 aliphatic rings. The summed E-state index contributed by atoms with van der Waals surface area (Å²) in [6.45, 7) is 6.99. The number of likely N-dealkylation sites (N-methyl/N-ethyl adjacent to an activating group) is 1. The van der Waals surface area contributed by atoms with E-state index >= 15 is 0 Å². The lowest BCUT2D eigenvalue weighted by molar-refractivity contribution is -0.924. The molecule has 0 spiro atoms. The van der Waals surface area contributed by atoms with E-state index in [1.54, 1.807) is 11.3 Å². The number of hydrogen-bond acceptors (Lipinski definition) is 0. The summed E-state index contributed by atoms with van der Waals surface area (Å²) in [4.78, 5) is 0. The first-order valence-electron chi connectivity index (χ1n) is 9.17. The highest BCUT2D eigenvalue weighted by atomic mass is 15.3. The first-order valence-corrected chi connectivity index (χ1v) is 9.17. The van der Waals surface area contributed by atoms with Crippen LogP contribution in [0, 0.1) is 0 Å². The van der Waals surface area contributed by atoms with Gasteiger partial charge >= 0.3 is 0 Å². The van der Waals surface area contributed by atoms with Crippen molar-refractivity contribution in [3.05, 3.63) is 71.4 Å². The van der Waals surface area contributed by atoms with Gasteiger partial charge in [0.25, 0.3) is 0 Å². The summed E-state index contributed by atoms with van der Waals surface area (Å²) in [5.74, 6) is 0. The maximum Gasteiger partial charge on any atom is 0.107 e. The Balaban J connectivity index is 1.81. The largest absolute Gasteiger partial charge is 0.339 e. The number of fused-ring (bicyclic) bond motifs is 3. The van der Waals surface area contributed by atoms with E-state index in [4.69, 9.17) is 0 Å². The third kappa shape index (κ3) is 2.65. The van der Waals surface area contributed by atoms with E-state index in [1.807, 2.05) is 0 Å². The van der Waals surface area contributed by atoms with Gasteiger partial charge < -0.3 is 9.05 Å². The Morgan fingerprint density at radius 3 is 2.54 bits per heavy atom. The van der Waals surface area contributed by atoms with Crippen LogP contribution in [0.25, 0.3) is 10.9 Å². The number of aromatic nitrogens is 1. The molecule has 1 aromatic heterocycles. The number of rotatable bonds is 4. The van der Waals surface area contributed by atoms with E-state index < -0.39 is 0 Å². The van der Waals surface area contributed by atoms with E-state index in [9.17, 15) is 0 Å². The average Bonchev–Trinajstić information content (AvgIpc) is 2.89. The zero-order chi connectivity index (χ0) is 16.6. The minimum Gasteiger partial charge on any atom is -0.339 e. The molecule has 3 aromatic rings. The van der Waals surface area contributed by atoms with Crippen molar-refractivity contribution in [3.8, 4) is 0 Å². The van der Waals surface area contributed by atoms with Crippen LogP contribution in [0.15, 0.2) is 54.6 Å². The van der Waals surface area contributed by atoms with E-state index in [1.165, 1.54) is 53.4 Å². The highest BCUT2D eigenvalue weighted by molar-refractivity contribution is 5.85. The van der Waals surface area contributed by atoms with Gasteiger partial charge in [-0.3, -0.25) is 0 Å². The summed E-state index contributed by atoms with van der Waals surface area (Å²) in [6, 6.07) is 19.8. The molecule has 1 aliphatic heterocycles. The molecular formula is C22H27N2+. The fourth-order valence-corrected chi connectivity index (χ4v) is 4.40. The van der Waals surface area contributed by atoms with Crippen LogP contribution in [0.4, 0.5) is 0 Å². The quantitative estimate of drug-likeness (QED) is 0.619. The maximum absolute atomic E-state index is 2.56. The van der Waals surface area contributed by atoms with Crippen molar-refractivity contribution in [2.75, 3.05) is 20.1 Å².